The second-order valence-corrected chi connectivity index (χ2v) is 4.72. The molecule has 1 aromatic heterocycles. The average Bonchev–Trinajstić information content (AvgIpc) is 2.17. The number of nitrogens with zero attached hydrogens (tertiary/aromatic N) is 1. The molecule has 2 rings (SSSR count). The third-order valence-corrected chi connectivity index (χ3v) is 3.17. The molecule has 1 aromatic carbocycles. The molecular formula is C9H6ClNO3S. The van der Waals surface area contributed by atoms with E-state index in [4.69, 9.17) is 16.2 Å². The van der Waals surface area contributed by atoms with Crippen LogP contribution in [0.25, 0.3) is 10.9 Å². The van der Waals surface area contributed by atoms with Crippen molar-refractivity contribution in [3.05, 3.63) is 35.5 Å². The van der Waals surface area contributed by atoms with Crippen molar-refractivity contribution in [2.75, 3.05) is 0 Å². The predicted molar refractivity (Wildman–Crippen MR) is 56.6 cm³/mol. The summed E-state index contributed by atoms with van der Waals surface area (Å²) in [6.45, 7) is 0. The van der Waals surface area contributed by atoms with Crippen molar-refractivity contribution in [1.82, 2.24) is 4.98 Å². The second kappa shape index (κ2) is 3.44. The smallest absolute Gasteiger partial charge is 0.282 e. The molecule has 0 saturated heterocycles. The first kappa shape index (κ1) is 10.4. The lowest BCUT2D eigenvalue weighted by atomic mass is 10.2. The Labute approximate surface area is 91.3 Å². The minimum Gasteiger partial charge on any atom is -0.282 e. The highest BCUT2D eigenvalue weighted by atomic mass is 35.5. The van der Waals surface area contributed by atoms with Crippen molar-refractivity contribution in [3.8, 4) is 0 Å². The molecule has 0 saturated carbocycles. The van der Waals surface area contributed by atoms with E-state index >= 15 is 0 Å². The zero-order valence-electron chi connectivity index (χ0n) is 7.38. The van der Waals surface area contributed by atoms with E-state index in [2.05, 4.69) is 4.98 Å². The molecule has 1 N–H and O–H groups in total. The minimum absolute atomic E-state index is 0.174. The molecule has 0 radical (unpaired) electrons. The Bertz CT molecular complexity index is 624. The quantitative estimate of drug-likeness (QED) is 0.780. The lowest BCUT2D eigenvalue weighted by Crippen LogP contribution is -2.00. The molecule has 0 aliphatic heterocycles. The standard InChI is InChI=1S/C9H6ClNO3S/c10-7-3-4-8(15(12,13)14)9-6(7)2-1-5-11-9/h1-5H,(H,12,13,14). The maximum absolute atomic E-state index is 11.0. The number of halogens is 1. The summed E-state index contributed by atoms with van der Waals surface area (Å²) >= 11 is 5.86. The zero-order chi connectivity index (χ0) is 11.1. The Kier molecular flexibility index (Phi) is 2.38. The SMILES string of the molecule is O=S(=O)(O)c1ccc(Cl)c2cccnc12. The zero-order valence-corrected chi connectivity index (χ0v) is 8.96. The Morgan fingerprint density at radius 2 is 2.00 bits per heavy atom. The van der Waals surface area contributed by atoms with E-state index in [1.165, 1.54) is 18.3 Å². The monoisotopic (exact) mass is 243 g/mol. The maximum Gasteiger partial charge on any atom is 0.296 e. The molecule has 0 aliphatic rings. The van der Waals surface area contributed by atoms with Gasteiger partial charge in [0.05, 0.1) is 10.5 Å². The fourth-order valence-corrected chi connectivity index (χ4v) is 2.18. The van der Waals surface area contributed by atoms with Gasteiger partial charge in [0.1, 0.15) is 4.90 Å². The molecule has 0 aliphatic carbocycles. The summed E-state index contributed by atoms with van der Waals surface area (Å²) in [5, 5.41) is 0.889. The Hall–Kier alpha value is -1.17. The van der Waals surface area contributed by atoms with E-state index in [-0.39, 0.29) is 10.4 Å². The molecule has 1 heterocycles. The van der Waals surface area contributed by atoms with Crippen LogP contribution < -0.4 is 0 Å². The molecular weight excluding hydrogens is 238 g/mol. The number of fused-ring (bicyclic) bond motifs is 1. The van der Waals surface area contributed by atoms with Gasteiger partial charge in [-0.1, -0.05) is 11.6 Å². The average molecular weight is 244 g/mol. The van der Waals surface area contributed by atoms with Crippen molar-refractivity contribution >= 4 is 32.6 Å². The van der Waals surface area contributed by atoms with Crippen LogP contribution in [-0.4, -0.2) is 18.0 Å². The third-order valence-electron chi connectivity index (χ3n) is 1.96. The van der Waals surface area contributed by atoms with Crippen molar-refractivity contribution in [2.45, 2.75) is 4.90 Å². The van der Waals surface area contributed by atoms with E-state index in [9.17, 15) is 8.42 Å². The van der Waals surface area contributed by atoms with Gasteiger partial charge in [-0.15, -0.1) is 0 Å². The van der Waals surface area contributed by atoms with E-state index < -0.39 is 10.1 Å². The van der Waals surface area contributed by atoms with Crippen LogP contribution in [0.2, 0.25) is 5.02 Å². The van der Waals surface area contributed by atoms with Crippen molar-refractivity contribution in [2.24, 2.45) is 0 Å². The highest BCUT2D eigenvalue weighted by Crippen LogP contribution is 2.27. The molecule has 2 aromatic rings. The van der Waals surface area contributed by atoms with Gasteiger partial charge in [0.2, 0.25) is 0 Å². The predicted octanol–water partition coefficient (Wildman–Crippen LogP) is 2.13. The number of hydrogen-bond acceptors (Lipinski definition) is 3. The van der Waals surface area contributed by atoms with Crippen LogP contribution >= 0.6 is 11.6 Å². The van der Waals surface area contributed by atoms with Crippen LogP contribution in [0.15, 0.2) is 35.4 Å². The van der Waals surface area contributed by atoms with Gasteiger partial charge in [0, 0.05) is 11.6 Å². The fourth-order valence-electron chi connectivity index (χ4n) is 1.32. The van der Waals surface area contributed by atoms with Gasteiger partial charge in [-0.25, -0.2) is 0 Å². The lowest BCUT2D eigenvalue weighted by Gasteiger charge is -2.03. The highest BCUT2D eigenvalue weighted by molar-refractivity contribution is 7.86. The summed E-state index contributed by atoms with van der Waals surface area (Å²) in [5.41, 5.74) is 0.174. The highest BCUT2D eigenvalue weighted by Gasteiger charge is 2.15. The lowest BCUT2D eigenvalue weighted by molar-refractivity contribution is 0.484. The number of pyridine rings is 1. The molecule has 78 valence electrons. The van der Waals surface area contributed by atoms with Gasteiger partial charge < -0.3 is 0 Å². The summed E-state index contributed by atoms with van der Waals surface area (Å²) in [6, 6.07) is 5.92. The molecule has 6 heteroatoms. The Morgan fingerprint density at radius 1 is 1.27 bits per heavy atom. The number of hydrogen-bond donors (Lipinski definition) is 1. The minimum atomic E-state index is -4.27. The first-order valence-corrected chi connectivity index (χ1v) is 5.82. The second-order valence-electron chi connectivity index (χ2n) is 2.92. The molecule has 15 heavy (non-hydrogen) atoms. The van der Waals surface area contributed by atoms with Gasteiger partial charge in [-0.3, -0.25) is 9.54 Å². The molecule has 0 atom stereocenters. The van der Waals surface area contributed by atoms with Crippen molar-refractivity contribution < 1.29 is 13.0 Å². The van der Waals surface area contributed by atoms with Crippen LogP contribution in [-0.2, 0) is 10.1 Å². The summed E-state index contributed by atoms with van der Waals surface area (Å²) < 4.78 is 31.0. The molecule has 0 fully saturated rings. The van der Waals surface area contributed by atoms with Gasteiger partial charge in [-0.05, 0) is 24.3 Å². The van der Waals surface area contributed by atoms with E-state index in [0.717, 1.165) is 0 Å². The van der Waals surface area contributed by atoms with Crippen molar-refractivity contribution in [3.63, 3.8) is 0 Å². The van der Waals surface area contributed by atoms with Gasteiger partial charge in [0.25, 0.3) is 10.1 Å². The Balaban J connectivity index is 2.96. The summed E-state index contributed by atoms with van der Waals surface area (Å²) in [4.78, 5) is 3.65. The van der Waals surface area contributed by atoms with Crippen LogP contribution in [0.5, 0.6) is 0 Å². The molecule has 0 bridgehead atoms. The van der Waals surface area contributed by atoms with Gasteiger partial charge in [-0.2, -0.15) is 8.42 Å². The van der Waals surface area contributed by atoms with Crippen LogP contribution in [0.3, 0.4) is 0 Å². The van der Waals surface area contributed by atoms with Crippen LogP contribution in [0, 0.1) is 0 Å². The maximum atomic E-state index is 11.0. The van der Waals surface area contributed by atoms with Crippen LogP contribution in [0.4, 0.5) is 0 Å². The fraction of sp³-hybridized carbons (Fsp3) is 0. The molecule has 0 amide bonds. The molecule has 0 unspecified atom stereocenters. The van der Waals surface area contributed by atoms with E-state index in [1.54, 1.807) is 12.1 Å². The first-order valence-electron chi connectivity index (χ1n) is 4.01. The van der Waals surface area contributed by atoms with Crippen LogP contribution in [0.1, 0.15) is 0 Å². The van der Waals surface area contributed by atoms with Gasteiger partial charge in [0.15, 0.2) is 0 Å². The first-order chi connectivity index (χ1) is 7.00. The number of benzene rings is 1. The largest absolute Gasteiger partial charge is 0.296 e. The summed E-state index contributed by atoms with van der Waals surface area (Å²) in [6.07, 6.45) is 1.44. The normalized spacial score (nSPS) is 11.9. The topological polar surface area (TPSA) is 67.3 Å². The third kappa shape index (κ3) is 1.81. The van der Waals surface area contributed by atoms with Gasteiger partial charge >= 0.3 is 0 Å². The molecule has 4 nitrogen and oxygen atoms in total. The summed E-state index contributed by atoms with van der Waals surface area (Å²) in [7, 11) is -4.27. The van der Waals surface area contributed by atoms with E-state index in [1.807, 2.05) is 0 Å². The van der Waals surface area contributed by atoms with Crippen molar-refractivity contribution in [1.29, 1.82) is 0 Å². The van der Waals surface area contributed by atoms with E-state index in [0.29, 0.717) is 10.4 Å². The Morgan fingerprint density at radius 3 is 2.67 bits per heavy atom. The molecule has 0 spiro atoms. The summed E-state index contributed by atoms with van der Waals surface area (Å²) in [5.74, 6) is 0. The number of rotatable bonds is 1. The number of aromatic nitrogens is 1.